The molecule has 3 heterocycles. The Kier molecular flexibility index (Phi) is 3.09. The molecular weight excluding hydrogens is 312 g/mol. The maximum atomic E-state index is 12.9. The summed E-state index contributed by atoms with van der Waals surface area (Å²) >= 11 is 1.64. The van der Waals surface area contributed by atoms with Crippen molar-refractivity contribution in [1.82, 2.24) is 10.3 Å². The second-order valence-corrected chi connectivity index (χ2v) is 7.91. The zero-order valence-electron chi connectivity index (χ0n) is 13.3. The van der Waals surface area contributed by atoms with Crippen LogP contribution in [0.2, 0.25) is 0 Å². The standard InChI is InChI=1S/C16H18N4O2S/c1-8-4-5-23-13(8)12-11-9(6-16(2,3)7-10(11)21)17-14-15(18-12)20-22-19-14/h4-5,12H,6-7H2,1-3H3,(H,17,19)(H,18,20)/t12-/m1/s1. The molecule has 2 aliphatic rings. The second-order valence-electron chi connectivity index (χ2n) is 6.96. The van der Waals surface area contributed by atoms with Crippen LogP contribution >= 0.6 is 11.3 Å². The SMILES string of the molecule is Cc1ccsc1[C@@H]1Nc2nonc2NC2=C1C(=O)CC(C)(C)C2. The molecule has 0 fully saturated rings. The first-order chi connectivity index (χ1) is 10.9. The maximum Gasteiger partial charge on any atom is 0.219 e. The molecule has 2 N–H and O–H groups in total. The average Bonchev–Trinajstić information content (AvgIpc) is 3.02. The van der Waals surface area contributed by atoms with Crippen molar-refractivity contribution in [3.63, 3.8) is 0 Å². The fraction of sp³-hybridized carbons (Fsp3) is 0.438. The van der Waals surface area contributed by atoms with Crippen LogP contribution in [-0.2, 0) is 4.79 Å². The molecule has 120 valence electrons. The predicted octanol–water partition coefficient (Wildman–Crippen LogP) is 3.66. The molecule has 0 aromatic carbocycles. The molecule has 0 saturated heterocycles. The van der Waals surface area contributed by atoms with Gasteiger partial charge >= 0.3 is 0 Å². The minimum absolute atomic E-state index is 0.0698. The van der Waals surface area contributed by atoms with E-state index in [0.29, 0.717) is 18.1 Å². The van der Waals surface area contributed by atoms with Crippen molar-refractivity contribution in [1.29, 1.82) is 0 Å². The number of carbonyl (C=O) groups is 1. The van der Waals surface area contributed by atoms with Gasteiger partial charge in [0, 0.05) is 22.6 Å². The van der Waals surface area contributed by atoms with Gasteiger partial charge in [-0.2, -0.15) is 0 Å². The number of nitrogens with zero attached hydrogens (tertiary/aromatic N) is 2. The van der Waals surface area contributed by atoms with Crippen molar-refractivity contribution in [3.05, 3.63) is 33.2 Å². The van der Waals surface area contributed by atoms with E-state index in [4.69, 9.17) is 4.63 Å². The maximum absolute atomic E-state index is 12.9. The van der Waals surface area contributed by atoms with Crippen molar-refractivity contribution in [2.75, 3.05) is 10.6 Å². The van der Waals surface area contributed by atoms with Crippen LogP contribution in [0.3, 0.4) is 0 Å². The van der Waals surface area contributed by atoms with E-state index in [9.17, 15) is 4.79 Å². The van der Waals surface area contributed by atoms with Gasteiger partial charge in [-0.05, 0) is 46.1 Å². The van der Waals surface area contributed by atoms with Crippen LogP contribution in [0.5, 0.6) is 0 Å². The summed E-state index contributed by atoms with van der Waals surface area (Å²) in [6.07, 6.45) is 1.34. The number of thiophene rings is 1. The summed E-state index contributed by atoms with van der Waals surface area (Å²) in [6.45, 7) is 6.29. The molecule has 0 spiro atoms. The van der Waals surface area contributed by atoms with Crippen molar-refractivity contribution in [2.45, 2.75) is 39.7 Å². The molecule has 1 atom stereocenters. The highest BCUT2D eigenvalue weighted by atomic mass is 32.1. The van der Waals surface area contributed by atoms with Crippen LogP contribution < -0.4 is 10.6 Å². The minimum atomic E-state index is -0.214. The predicted molar refractivity (Wildman–Crippen MR) is 88.4 cm³/mol. The van der Waals surface area contributed by atoms with Gasteiger partial charge < -0.3 is 10.6 Å². The third-order valence-electron chi connectivity index (χ3n) is 4.41. The van der Waals surface area contributed by atoms with Crippen molar-refractivity contribution in [2.24, 2.45) is 5.41 Å². The Bertz CT molecular complexity index is 818. The summed E-state index contributed by atoms with van der Waals surface area (Å²) in [5, 5.41) is 16.5. The van der Waals surface area contributed by atoms with Crippen LogP contribution in [0.15, 0.2) is 27.3 Å². The van der Waals surface area contributed by atoms with Gasteiger partial charge in [0.1, 0.15) is 0 Å². The van der Waals surface area contributed by atoms with Gasteiger partial charge in [0.15, 0.2) is 5.78 Å². The largest absolute Gasteiger partial charge is 0.352 e. The Morgan fingerprint density at radius 1 is 1.30 bits per heavy atom. The number of anilines is 2. The quantitative estimate of drug-likeness (QED) is 0.830. The number of allylic oxidation sites excluding steroid dienone is 1. The number of nitrogens with one attached hydrogen (secondary N) is 2. The number of aryl methyl sites for hydroxylation is 1. The third kappa shape index (κ3) is 2.35. The molecule has 0 bridgehead atoms. The number of hydrogen-bond donors (Lipinski definition) is 2. The highest BCUT2D eigenvalue weighted by Gasteiger charge is 2.40. The van der Waals surface area contributed by atoms with Crippen LogP contribution in [-0.4, -0.2) is 16.1 Å². The van der Waals surface area contributed by atoms with Crippen molar-refractivity contribution >= 4 is 28.8 Å². The van der Waals surface area contributed by atoms with Crippen molar-refractivity contribution < 1.29 is 9.42 Å². The first kappa shape index (κ1) is 14.4. The van der Waals surface area contributed by atoms with E-state index in [1.165, 1.54) is 0 Å². The summed E-state index contributed by atoms with van der Waals surface area (Å²) in [7, 11) is 0. The van der Waals surface area contributed by atoms with E-state index in [2.05, 4.69) is 47.8 Å². The Hall–Kier alpha value is -2.15. The van der Waals surface area contributed by atoms with Gasteiger partial charge in [-0.3, -0.25) is 4.79 Å². The number of rotatable bonds is 1. The molecule has 2 aromatic heterocycles. The molecule has 4 rings (SSSR count). The normalized spacial score (nSPS) is 22.7. The molecule has 0 saturated carbocycles. The Morgan fingerprint density at radius 2 is 2.09 bits per heavy atom. The molecule has 0 radical (unpaired) electrons. The lowest BCUT2D eigenvalue weighted by Crippen LogP contribution is -2.31. The highest BCUT2D eigenvalue weighted by Crippen LogP contribution is 2.45. The van der Waals surface area contributed by atoms with Crippen LogP contribution in [0.25, 0.3) is 0 Å². The van der Waals surface area contributed by atoms with Gasteiger partial charge in [0.25, 0.3) is 0 Å². The van der Waals surface area contributed by atoms with Crippen LogP contribution in [0.4, 0.5) is 11.6 Å². The monoisotopic (exact) mass is 330 g/mol. The van der Waals surface area contributed by atoms with Crippen LogP contribution in [0, 0.1) is 12.3 Å². The summed E-state index contributed by atoms with van der Waals surface area (Å²) in [5.41, 5.74) is 2.82. The van der Waals surface area contributed by atoms with Gasteiger partial charge in [-0.15, -0.1) is 11.3 Å². The van der Waals surface area contributed by atoms with E-state index < -0.39 is 0 Å². The minimum Gasteiger partial charge on any atom is -0.352 e. The molecule has 23 heavy (non-hydrogen) atoms. The van der Waals surface area contributed by atoms with Gasteiger partial charge in [-0.1, -0.05) is 13.8 Å². The molecule has 0 unspecified atom stereocenters. The third-order valence-corrected chi connectivity index (χ3v) is 5.50. The van der Waals surface area contributed by atoms with Gasteiger partial charge in [0.2, 0.25) is 11.6 Å². The van der Waals surface area contributed by atoms with E-state index >= 15 is 0 Å². The van der Waals surface area contributed by atoms with E-state index in [0.717, 1.165) is 28.1 Å². The Morgan fingerprint density at radius 3 is 2.83 bits per heavy atom. The van der Waals surface area contributed by atoms with Crippen molar-refractivity contribution in [3.8, 4) is 0 Å². The first-order valence-electron chi connectivity index (χ1n) is 7.61. The molecular formula is C16H18N4O2S. The molecule has 7 heteroatoms. The van der Waals surface area contributed by atoms with E-state index in [1.807, 2.05) is 5.38 Å². The molecule has 2 aromatic rings. The smallest absolute Gasteiger partial charge is 0.219 e. The summed E-state index contributed by atoms with van der Waals surface area (Å²) < 4.78 is 4.85. The topological polar surface area (TPSA) is 80.1 Å². The number of carbonyl (C=O) groups excluding carboxylic acids is 1. The summed E-state index contributed by atoms with van der Waals surface area (Å²) in [5.74, 6) is 1.26. The number of Topliss-reactive ketones (excluding diaryl/α,β-unsaturated/α-hetero) is 1. The molecule has 1 aliphatic heterocycles. The molecule has 1 aliphatic carbocycles. The first-order valence-corrected chi connectivity index (χ1v) is 8.49. The average molecular weight is 330 g/mol. The molecule has 6 nitrogen and oxygen atoms in total. The second kappa shape index (κ2) is 4.92. The molecule has 0 amide bonds. The summed E-state index contributed by atoms with van der Waals surface area (Å²) in [4.78, 5) is 14.0. The lowest BCUT2D eigenvalue weighted by atomic mass is 9.74. The van der Waals surface area contributed by atoms with Gasteiger partial charge in [-0.25, -0.2) is 4.63 Å². The van der Waals surface area contributed by atoms with E-state index in [-0.39, 0.29) is 17.2 Å². The number of aromatic nitrogens is 2. The van der Waals surface area contributed by atoms with Crippen LogP contribution in [0.1, 0.15) is 43.2 Å². The fourth-order valence-corrected chi connectivity index (χ4v) is 4.36. The fourth-order valence-electron chi connectivity index (χ4n) is 3.38. The zero-order valence-corrected chi connectivity index (χ0v) is 14.1. The Labute approximate surface area is 137 Å². The lowest BCUT2D eigenvalue weighted by Gasteiger charge is -2.33. The lowest BCUT2D eigenvalue weighted by molar-refractivity contribution is -0.118. The van der Waals surface area contributed by atoms with E-state index in [1.54, 1.807) is 11.3 Å². The van der Waals surface area contributed by atoms with Gasteiger partial charge in [0.05, 0.1) is 6.04 Å². The summed E-state index contributed by atoms with van der Waals surface area (Å²) in [6, 6.07) is 1.86. The number of ketones is 1. The number of fused-ring (bicyclic) bond motifs is 1. The Balaban J connectivity index is 1.89. The zero-order chi connectivity index (χ0) is 16.2. The highest BCUT2D eigenvalue weighted by molar-refractivity contribution is 7.10. The number of hydrogen-bond acceptors (Lipinski definition) is 7.